The molecule has 2 atom stereocenters. The fraction of sp³-hybridized carbons (Fsp3) is 0.929. The number of ether oxygens (including phenoxy) is 1. The smallest absolute Gasteiger partial charge is 0.239 e. The van der Waals surface area contributed by atoms with Gasteiger partial charge in [0.2, 0.25) is 5.91 Å². The van der Waals surface area contributed by atoms with Gasteiger partial charge in [0.15, 0.2) is 0 Å². The average molecular weight is 269 g/mol. The quantitative estimate of drug-likeness (QED) is 0.789. The zero-order chi connectivity index (χ0) is 13.8. The second-order valence-electron chi connectivity index (χ2n) is 6.12. The third-order valence-corrected chi connectivity index (χ3v) is 4.22. The zero-order valence-corrected chi connectivity index (χ0v) is 12.2. The van der Waals surface area contributed by atoms with Gasteiger partial charge in [0.25, 0.3) is 0 Å². The number of nitrogens with zero attached hydrogens (tertiary/aromatic N) is 2. The summed E-state index contributed by atoms with van der Waals surface area (Å²) in [6.45, 7) is 10.6. The fourth-order valence-electron chi connectivity index (χ4n) is 2.83. The minimum atomic E-state index is -0.345. The number of nitrogens with two attached hydrogens (primary N) is 1. The van der Waals surface area contributed by atoms with Crippen molar-refractivity contribution in [2.75, 3.05) is 45.9 Å². The number of rotatable bonds is 4. The lowest BCUT2D eigenvalue weighted by Crippen LogP contribution is -2.46. The molecule has 0 aromatic carbocycles. The lowest BCUT2D eigenvalue weighted by molar-refractivity contribution is -0.132. The topological polar surface area (TPSA) is 58.8 Å². The average Bonchev–Trinajstić information content (AvgIpc) is 2.86. The molecular weight excluding hydrogens is 242 g/mol. The maximum absolute atomic E-state index is 12.2. The largest absolute Gasteiger partial charge is 0.379 e. The van der Waals surface area contributed by atoms with Crippen LogP contribution >= 0.6 is 0 Å². The molecular formula is C14H27N3O2. The van der Waals surface area contributed by atoms with Crippen LogP contribution in [0.15, 0.2) is 0 Å². The van der Waals surface area contributed by atoms with E-state index in [4.69, 9.17) is 10.5 Å². The van der Waals surface area contributed by atoms with Gasteiger partial charge in [0.1, 0.15) is 0 Å². The SMILES string of the molecule is CC(C)[C@H](N)C(=O)N1CCC(CN2CCOCC2)C1. The summed E-state index contributed by atoms with van der Waals surface area (Å²) in [4.78, 5) is 16.6. The van der Waals surface area contributed by atoms with Crippen LogP contribution < -0.4 is 5.73 Å². The molecule has 1 amide bonds. The predicted molar refractivity (Wildman–Crippen MR) is 74.8 cm³/mol. The zero-order valence-electron chi connectivity index (χ0n) is 12.2. The molecule has 1 unspecified atom stereocenters. The van der Waals surface area contributed by atoms with Crippen molar-refractivity contribution >= 4 is 5.91 Å². The molecule has 0 spiro atoms. The highest BCUT2D eigenvalue weighted by atomic mass is 16.5. The van der Waals surface area contributed by atoms with Crippen molar-refractivity contribution in [2.24, 2.45) is 17.6 Å². The van der Waals surface area contributed by atoms with Gasteiger partial charge in [0, 0.05) is 32.7 Å². The van der Waals surface area contributed by atoms with Crippen LogP contribution in [0.25, 0.3) is 0 Å². The van der Waals surface area contributed by atoms with Gasteiger partial charge in [-0.3, -0.25) is 9.69 Å². The van der Waals surface area contributed by atoms with E-state index < -0.39 is 0 Å². The molecule has 2 saturated heterocycles. The first kappa shape index (κ1) is 14.8. The molecule has 0 saturated carbocycles. The first-order chi connectivity index (χ1) is 9.08. The van der Waals surface area contributed by atoms with Crippen molar-refractivity contribution in [2.45, 2.75) is 26.3 Å². The molecule has 110 valence electrons. The van der Waals surface area contributed by atoms with E-state index in [1.807, 2.05) is 18.7 Å². The van der Waals surface area contributed by atoms with E-state index in [1.165, 1.54) is 0 Å². The molecule has 0 aliphatic carbocycles. The Morgan fingerprint density at radius 3 is 2.63 bits per heavy atom. The van der Waals surface area contributed by atoms with E-state index in [0.29, 0.717) is 5.92 Å². The molecule has 0 aromatic heterocycles. The van der Waals surface area contributed by atoms with E-state index >= 15 is 0 Å². The maximum Gasteiger partial charge on any atom is 0.239 e. The molecule has 0 radical (unpaired) electrons. The summed E-state index contributed by atoms with van der Waals surface area (Å²) >= 11 is 0. The van der Waals surface area contributed by atoms with Crippen molar-refractivity contribution in [3.63, 3.8) is 0 Å². The normalized spacial score (nSPS) is 26.9. The summed E-state index contributed by atoms with van der Waals surface area (Å²) < 4.78 is 5.36. The summed E-state index contributed by atoms with van der Waals surface area (Å²) in [6, 6.07) is -0.345. The second-order valence-corrected chi connectivity index (χ2v) is 6.12. The van der Waals surface area contributed by atoms with Gasteiger partial charge < -0.3 is 15.4 Å². The Bertz CT molecular complexity index is 303. The Labute approximate surface area is 116 Å². The van der Waals surface area contributed by atoms with E-state index in [1.54, 1.807) is 0 Å². The summed E-state index contributed by atoms with van der Waals surface area (Å²) in [5, 5.41) is 0. The molecule has 19 heavy (non-hydrogen) atoms. The number of hydrogen-bond donors (Lipinski definition) is 1. The molecule has 2 aliphatic rings. The van der Waals surface area contributed by atoms with Crippen molar-refractivity contribution < 1.29 is 9.53 Å². The molecule has 2 heterocycles. The van der Waals surface area contributed by atoms with Crippen LogP contribution in [0.2, 0.25) is 0 Å². The molecule has 5 nitrogen and oxygen atoms in total. The van der Waals surface area contributed by atoms with E-state index in [2.05, 4.69) is 4.90 Å². The molecule has 5 heteroatoms. The van der Waals surface area contributed by atoms with E-state index in [9.17, 15) is 4.79 Å². The van der Waals surface area contributed by atoms with Crippen molar-refractivity contribution in [1.29, 1.82) is 0 Å². The predicted octanol–water partition coefficient (Wildman–Crippen LogP) is 0.150. The van der Waals surface area contributed by atoms with Gasteiger partial charge in [-0.15, -0.1) is 0 Å². The summed E-state index contributed by atoms with van der Waals surface area (Å²) in [7, 11) is 0. The van der Waals surface area contributed by atoms with E-state index in [0.717, 1.165) is 52.4 Å². The monoisotopic (exact) mass is 269 g/mol. The van der Waals surface area contributed by atoms with Crippen LogP contribution in [0, 0.1) is 11.8 Å². The number of hydrogen-bond acceptors (Lipinski definition) is 4. The van der Waals surface area contributed by atoms with Gasteiger partial charge >= 0.3 is 0 Å². The van der Waals surface area contributed by atoms with Crippen molar-refractivity contribution in [1.82, 2.24) is 9.80 Å². The standard InChI is InChI=1S/C14H27N3O2/c1-11(2)13(15)14(18)17-4-3-12(10-17)9-16-5-7-19-8-6-16/h11-13H,3-10,15H2,1-2H3/t12?,13-/m0/s1. The van der Waals surface area contributed by atoms with Crippen LogP contribution in [0.1, 0.15) is 20.3 Å². The second kappa shape index (κ2) is 6.68. The first-order valence-electron chi connectivity index (χ1n) is 7.42. The van der Waals surface area contributed by atoms with Crippen LogP contribution in [-0.4, -0.2) is 67.7 Å². The van der Waals surface area contributed by atoms with Crippen LogP contribution in [-0.2, 0) is 9.53 Å². The summed E-state index contributed by atoms with van der Waals surface area (Å²) in [5.74, 6) is 0.937. The fourth-order valence-corrected chi connectivity index (χ4v) is 2.83. The van der Waals surface area contributed by atoms with E-state index in [-0.39, 0.29) is 17.9 Å². The molecule has 2 aliphatic heterocycles. The number of carbonyl (C=O) groups is 1. The third-order valence-electron chi connectivity index (χ3n) is 4.22. The Balaban J connectivity index is 1.77. The van der Waals surface area contributed by atoms with Gasteiger partial charge in [-0.25, -0.2) is 0 Å². The summed E-state index contributed by atoms with van der Waals surface area (Å²) in [6.07, 6.45) is 1.11. The van der Waals surface area contributed by atoms with Crippen LogP contribution in [0.3, 0.4) is 0 Å². The Kier molecular flexibility index (Phi) is 5.19. The molecule has 2 N–H and O–H groups in total. The van der Waals surface area contributed by atoms with Gasteiger partial charge in [-0.05, 0) is 18.3 Å². The molecule has 0 bridgehead atoms. The maximum atomic E-state index is 12.2. The van der Waals surface area contributed by atoms with Crippen molar-refractivity contribution in [3.05, 3.63) is 0 Å². The number of amides is 1. The number of likely N-dealkylation sites (tertiary alicyclic amines) is 1. The molecule has 2 fully saturated rings. The lowest BCUT2D eigenvalue weighted by Gasteiger charge is -2.29. The Morgan fingerprint density at radius 2 is 2.00 bits per heavy atom. The highest BCUT2D eigenvalue weighted by Crippen LogP contribution is 2.19. The highest BCUT2D eigenvalue weighted by Gasteiger charge is 2.31. The van der Waals surface area contributed by atoms with Gasteiger partial charge in [0.05, 0.1) is 19.3 Å². The highest BCUT2D eigenvalue weighted by molar-refractivity contribution is 5.82. The van der Waals surface area contributed by atoms with Gasteiger partial charge in [-0.2, -0.15) is 0 Å². The van der Waals surface area contributed by atoms with Crippen LogP contribution in [0.4, 0.5) is 0 Å². The van der Waals surface area contributed by atoms with Gasteiger partial charge in [-0.1, -0.05) is 13.8 Å². The third kappa shape index (κ3) is 3.91. The summed E-state index contributed by atoms with van der Waals surface area (Å²) in [5.41, 5.74) is 5.95. The molecule has 0 aromatic rings. The lowest BCUT2D eigenvalue weighted by atomic mass is 10.0. The Hall–Kier alpha value is -0.650. The minimum absolute atomic E-state index is 0.125. The Morgan fingerprint density at radius 1 is 1.32 bits per heavy atom. The number of carbonyl (C=O) groups excluding carboxylic acids is 1. The minimum Gasteiger partial charge on any atom is -0.379 e. The van der Waals surface area contributed by atoms with Crippen LogP contribution in [0.5, 0.6) is 0 Å². The first-order valence-corrected chi connectivity index (χ1v) is 7.42. The molecule has 2 rings (SSSR count). The number of morpholine rings is 1. The van der Waals surface area contributed by atoms with Crippen molar-refractivity contribution in [3.8, 4) is 0 Å².